The summed E-state index contributed by atoms with van der Waals surface area (Å²) in [6.07, 6.45) is 1.59. The predicted molar refractivity (Wildman–Crippen MR) is 63.3 cm³/mol. The number of halogens is 1. The first-order chi connectivity index (χ1) is 6.48. The summed E-state index contributed by atoms with van der Waals surface area (Å²) >= 11 is 0. The van der Waals surface area contributed by atoms with Gasteiger partial charge < -0.3 is 5.73 Å². The fraction of sp³-hybridized carbons (Fsp3) is 1.00. The van der Waals surface area contributed by atoms with Crippen molar-refractivity contribution >= 4 is 22.6 Å². The van der Waals surface area contributed by atoms with Crippen LogP contribution < -0.4 is 5.73 Å². The fourth-order valence-electron chi connectivity index (χ4n) is 1.59. The van der Waals surface area contributed by atoms with Crippen molar-refractivity contribution in [1.82, 2.24) is 8.61 Å². The molecular formula is C8H20ClN3O2S. The Morgan fingerprint density at radius 1 is 1.53 bits per heavy atom. The highest BCUT2D eigenvalue weighted by Crippen LogP contribution is 2.14. The number of nitrogens with two attached hydrogens (primary N) is 1. The second-order valence-electron chi connectivity index (χ2n) is 3.74. The van der Waals surface area contributed by atoms with Crippen LogP contribution in [0.3, 0.4) is 0 Å². The summed E-state index contributed by atoms with van der Waals surface area (Å²) < 4.78 is 26.6. The van der Waals surface area contributed by atoms with Crippen molar-refractivity contribution in [2.75, 3.05) is 26.7 Å². The van der Waals surface area contributed by atoms with Gasteiger partial charge in [-0.25, -0.2) is 0 Å². The van der Waals surface area contributed by atoms with Crippen molar-refractivity contribution in [3.63, 3.8) is 0 Å². The van der Waals surface area contributed by atoms with Gasteiger partial charge in [0.1, 0.15) is 0 Å². The maximum absolute atomic E-state index is 11.9. The molecule has 1 rings (SSSR count). The second-order valence-corrected chi connectivity index (χ2v) is 5.77. The molecule has 1 heterocycles. The molecule has 1 aliphatic heterocycles. The van der Waals surface area contributed by atoms with Crippen LogP contribution >= 0.6 is 12.4 Å². The smallest absolute Gasteiger partial charge is 0.281 e. The van der Waals surface area contributed by atoms with Crippen molar-refractivity contribution in [3.8, 4) is 0 Å². The Morgan fingerprint density at radius 3 is 2.53 bits per heavy atom. The van der Waals surface area contributed by atoms with E-state index in [1.807, 2.05) is 6.92 Å². The second kappa shape index (κ2) is 6.00. The molecule has 0 amide bonds. The molecule has 1 aliphatic rings. The summed E-state index contributed by atoms with van der Waals surface area (Å²) in [6, 6.07) is -0.000184. The third-order valence-electron chi connectivity index (χ3n) is 2.45. The molecule has 92 valence electrons. The van der Waals surface area contributed by atoms with E-state index in [-0.39, 0.29) is 18.4 Å². The third kappa shape index (κ3) is 3.57. The van der Waals surface area contributed by atoms with E-state index in [2.05, 4.69) is 0 Å². The molecule has 7 heteroatoms. The Hall–Kier alpha value is 0.120. The maximum Gasteiger partial charge on any atom is 0.281 e. The molecule has 0 aliphatic carbocycles. The summed E-state index contributed by atoms with van der Waals surface area (Å²) in [7, 11) is -1.63. The minimum Gasteiger partial charge on any atom is -0.326 e. The standard InChI is InChI=1S/C8H19N3O2S.ClH/c1-3-5-10(2)14(12,13)11-6-4-8(9)7-11;/h8H,3-7,9H2,1-2H3;1H/t8-;/m0./s1. The van der Waals surface area contributed by atoms with Crippen molar-refractivity contribution in [2.24, 2.45) is 5.73 Å². The van der Waals surface area contributed by atoms with E-state index < -0.39 is 10.2 Å². The van der Waals surface area contributed by atoms with Gasteiger partial charge in [0, 0.05) is 32.7 Å². The number of nitrogens with zero attached hydrogens (tertiary/aromatic N) is 2. The highest BCUT2D eigenvalue weighted by molar-refractivity contribution is 7.86. The lowest BCUT2D eigenvalue weighted by molar-refractivity contribution is 0.392. The van der Waals surface area contributed by atoms with Crippen LogP contribution in [0.5, 0.6) is 0 Å². The Bertz CT molecular complexity index is 284. The lowest BCUT2D eigenvalue weighted by Gasteiger charge is -2.23. The largest absolute Gasteiger partial charge is 0.326 e. The molecule has 0 radical (unpaired) electrons. The van der Waals surface area contributed by atoms with Gasteiger partial charge in [0.2, 0.25) is 0 Å². The van der Waals surface area contributed by atoms with Crippen LogP contribution in [0.25, 0.3) is 0 Å². The van der Waals surface area contributed by atoms with E-state index in [0.29, 0.717) is 19.6 Å². The molecule has 0 unspecified atom stereocenters. The van der Waals surface area contributed by atoms with Crippen LogP contribution in [0.15, 0.2) is 0 Å². The van der Waals surface area contributed by atoms with Gasteiger partial charge in [-0.2, -0.15) is 17.0 Å². The fourth-order valence-corrected chi connectivity index (χ4v) is 3.11. The van der Waals surface area contributed by atoms with Gasteiger partial charge >= 0.3 is 0 Å². The normalized spacial score (nSPS) is 23.1. The molecule has 0 aromatic heterocycles. The molecule has 0 bridgehead atoms. The topological polar surface area (TPSA) is 66.6 Å². The molecule has 0 aromatic carbocycles. The highest BCUT2D eigenvalue weighted by atomic mass is 35.5. The van der Waals surface area contributed by atoms with E-state index >= 15 is 0 Å². The van der Waals surface area contributed by atoms with Crippen molar-refractivity contribution in [3.05, 3.63) is 0 Å². The van der Waals surface area contributed by atoms with Crippen LogP contribution in [0.2, 0.25) is 0 Å². The van der Waals surface area contributed by atoms with E-state index in [0.717, 1.165) is 12.8 Å². The average molecular weight is 258 g/mol. The summed E-state index contributed by atoms with van der Waals surface area (Å²) in [6.45, 7) is 3.53. The van der Waals surface area contributed by atoms with Gasteiger partial charge in [-0.3, -0.25) is 0 Å². The lowest BCUT2D eigenvalue weighted by atomic mass is 10.3. The minimum absolute atomic E-state index is 0. The van der Waals surface area contributed by atoms with Crippen molar-refractivity contribution in [1.29, 1.82) is 0 Å². The first kappa shape index (κ1) is 15.1. The molecule has 2 N–H and O–H groups in total. The van der Waals surface area contributed by atoms with Gasteiger partial charge in [-0.05, 0) is 12.8 Å². The van der Waals surface area contributed by atoms with Gasteiger partial charge in [0.05, 0.1) is 0 Å². The Kier molecular flexibility index (Phi) is 6.05. The molecule has 1 fully saturated rings. The Balaban J connectivity index is 0.00000196. The first-order valence-corrected chi connectivity index (χ1v) is 6.35. The molecule has 0 spiro atoms. The third-order valence-corrected chi connectivity index (χ3v) is 4.40. The SMILES string of the molecule is CCCN(C)S(=O)(=O)N1CC[C@H](N)C1.Cl. The lowest BCUT2D eigenvalue weighted by Crippen LogP contribution is -2.41. The average Bonchev–Trinajstić information content (AvgIpc) is 2.52. The molecule has 5 nitrogen and oxygen atoms in total. The first-order valence-electron chi connectivity index (χ1n) is 4.95. The van der Waals surface area contributed by atoms with E-state index in [4.69, 9.17) is 5.73 Å². The summed E-state index contributed by atoms with van der Waals surface area (Å²) in [4.78, 5) is 0. The summed E-state index contributed by atoms with van der Waals surface area (Å²) in [5.41, 5.74) is 5.67. The zero-order valence-corrected chi connectivity index (χ0v) is 10.9. The quantitative estimate of drug-likeness (QED) is 0.773. The van der Waals surface area contributed by atoms with Gasteiger partial charge in [0.15, 0.2) is 0 Å². The molecular weight excluding hydrogens is 238 g/mol. The molecule has 15 heavy (non-hydrogen) atoms. The van der Waals surface area contributed by atoms with Crippen LogP contribution in [-0.2, 0) is 10.2 Å². The number of hydrogen-bond donors (Lipinski definition) is 1. The summed E-state index contributed by atoms with van der Waals surface area (Å²) in [5, 5.41) is 0. The van der Waals surface area contributed by atoms with Crippen LogP contribution in [-0.4, -0.2) is 49.8 Å². The van der Waals surface area contributed by atoms with E-state index in [1.54, 1.807) is 7.05 Å². The Morgan fingerprint density at radius 2 is 2.13 bits per heavy atom. The number of hydrogen-bond acceptors (Lipinski definition) is 3. The van der Waals surface area contributed by atoms with Gasteiger partial charge in [-0.1, -0.05) is 6.92 Å². The minimum atomic E-state index is -3.25. The molecule has 1 atom stereocenters. The molecule has 0 aromatic rings. The number of rotatable bonds is 4. The van der Waals surface area contributed by atoms with Crippen LogP contribution in [0, 0.1) is 0 Å². The maximum atomic E-state index is 11.9. The van der Waals surface area contributed by atoms with Crippen LogP contribution in [0.1, 0.15) is 19.8 Å². The van der Waals surface area contributed by atoms with E-state index in [1.165, 1.54) is 8.61 Å². The Labute approximate surface area is 98.2 Å². The highest BCUT2D eigenvalue weighted by Gasteiger charge is 2.31. The van der Waals surface area contributed by atoms with Gasteiger partial charge in [-0.15, -0.1) is 12.4 Å². The van der Waals surface area contributed by atoms with E-state index in [9.17, 15) is 8.42 Å². The van der Waals surface area contributed by atoms with Crippen molar-refractivity contribution < 1.29 is 8.42 Å². The van der Waals surface area contributed by atoms with Gasteiger partial charge in [0.25, 0.3) is 10.2 Å². The summed E-state index contributed by atoms with van der Waals surface area (Å²) in [5.74, 6) is 0. The molecule has 1 saturated heterocycles. The van der Waals surface area contributed by atoms with Crippen LogP contribution in [0.4, 0.5) is 0 Å². The zero-order valence-electron chi connectivity index (χ0n) is 9.22. The monoisotopic (exact) mass is 257 g/mol. The molecule has 0 saturated carbocycles. The predicted octanol–water partition coefficient (Wildman–Crippen LogP) is 0.0278. The zero-order chi connectivity index (χ0) is 10.8. The van der Waals surface area contributed by atoms with Crippen molar-refractivity contribution in [2.45, 2.75) is 25.8 Å².